The number of H-pyrrole nitrogens is 1. The molecule has 0 aliphatic heterocycles. The molecule has 3 heterocycles. The van der Waals surface area contributed by atoms with Crippen molar-refractivity contribution in [2.24, 2.45) is 0 Å². The monoisotopic (exact) mass is 333 g/mol. The Kier molecular flexibility index (Phi) is 2.81. The van der Waals surface area contributed by atoms with Crippen LogP contribution < -0.4 is 0 Å². The van der Waals surface area contributed by atoms with E-state index in [1.165, 1.54) is 0 Å². The van der Waals surface area contributed by atoms with Crippen LogP contribution in [0.2, 0.25) is 5.02 Å². The second-order valence-corrected chi connectivity index (χ2v) is 5.94. The average Bonchev–Trinajstić information content (AvgIpc) is 3.05. The fraction of sp³-hybridized carbons (Fsp3) is 0.0769. The number of aromatic nitrogens is 5. The second kappa shape index (κ2) is 4.59. The molecule has 0 saturated carbocycles. The van der Waals surface area contributed by atoms with Crippen molar-refractivity contribution in [1.82, 2.24) is 23.3 Å². The minimum Gasteiger partial charge on any atom is -0.329 e. The molecule has 0 unspecified atom stereocenters. The molecule has 4 rings (SSSR count). The molecule has 1 aromatic carbocycles. The van der Waals surface area contributed by atoms with E-state index in [0.717, 1.165) is 45.2 Å². The van der Waals surface area contributed by atoms with Gasteiger partial charge in [0.1, 0.15) is 11.0 Å². The van der Waals surface area contributed by atoms with Gasteiger partial charge < -0.3 is 4.98 Å². The van der Waals surface area contributed by atoms with E-state index in [1.54, 1.807) is 12.3 Å². The molecule has 0 radical (unpaired) electrons. The van der Waals surface area contributed by atoms with Crippen molar-refractivity contribution in [2.45, 2.75) is 6.92 Å². The Hall–Kier alpha value is -1.83. The van der Waals surface area contributed by atoms with E-state index in [4.69, 9.17) is 23.8 Å². The van der Waals surface area contributed by atoms with Gasteiger partial charge in [-0.1, -0.05) is 11.6 Å². The van der Waals surface area contributed by atoms with Gasteiger partial charge >= 0.3 is 0 Å². The number of fused-ring (bicyclic) bond motifs is 2. The normalized spacial score (nSPS) is 11.5. The Labute approximate surface area is 133 Å². The van der Waals surface area contributed by atoms with E-state index in [2.05, 4.69) is 18.7 Å². The van der Waals surface area contributed by atoms with Crippen molar-refractivity contribution < 1.29 is 0 Å². The smallest absolute Gasteiger partial charge is 0.184 e. The van der Waals surface area contributed by atoms with Crippen LogP contribution in [0.5, 0.6) is 0 Å². The number of nitrogens with one attached hydrogen (secondary N) is 1. The summed E-state index contributed by atoms with van der Waals surface area (Å²) in [6.07, 6.45) is 1.75. The third-order valence-corrected chi connectivity index (χ3v) is 4.49. The number of nitrogens with zero attached hydrogens (tertiary/aromatic N) is 4. The molecule has 0 aliphatic carbocycles. The minimum atomic E-state index is 0.536. The molecule has 0 fully saturated rings. The van der Waals surface area contributed by atoms with Crippen molar-refractivity contribution in [2.75, 3.05) is 0 Å². The van der Waals surface area contributed by atoms with Gasteiger partial charge in [-0.05, 0) is 42.9 Å². The van der Waals surface area contributed by atoms with Crippen LogP contribution in [-0.2, 0) is 0 Å². The number of imidazole rings is 1. The number of benzene rings is 1. The van der Waals surface area contributed by atoms with Gasteiger partial charge in [0.05, 0.1) is 28.0 Å². The van der Waals surface area contributed by atoms with E-state index in [1.807, 2.05) is 23.6 Å². The van der Waals surface area contributed by atoms with Crippen LogP contribution >= 0.6 is 35.5 Å². The summed E-state index contributed by atoms with van der Waals surface area (Å²) in [5, 5.41) is 0.565. The van der Waals surface area contributed by atoms with E-state index < -0.39 is 0 Å². The molecule has 5 nitrogen and oxygen atoms in total. The van der Waals surface area contributed by atoms with E-state index in [0.29, 0.717) is 9.79 Å². The average molecular weight is 334 g/mol. The van der Waals surface area contributed by atoms with Crippen LogP contribution in [0.4, 0.5) is 0 Å². The van der Waals surface area contributed by atoms with Crippen LogP contribution in [-0.4, -0.2) is 23.3 Å². The van der Waals surface area contributed by atoms with Crippen LogP contribution in [0.1, 0.15) is 5.56 Å². The highest BCUT2D eigenvalue weighted by Gasteiger charge is 2.17. The Morgan fingerprint density at radius 3 is 3.00 bits per heavy atom. The standard InChI is InChI=1S/C13H8ClN5S2/c1-6-4-5-15-12-9(6)16-13(20)19(12)11-7(14)2-3-8-10(11)18-21-17-8/h2-5H,1H3,(H,16,20). The van der Waals surface area contributed by atoms with Crippen molar-refractivity contribution in [3.8, 4) is 5.69 Å². The molecule has 8 heteroatoms. The zero-order chi connectivity index (χ0) is 14.6. The molecule has 0 bridgehead atoms. The van der Waals surface area contributed by atoms with Gasteiger partial charge in [0.2, 0.25) is 0 Å². The fourth-order valence-corrected chi connectivity index (χ4v) is 3.41. The van der Waals surface area contributed by atoms with Crippen LogP contribution in [0.25, 0.3) is 27.9 Å². The predicted octanol–water partition coefficient (Wildman–Crippen LogP) is 4.05. The molecule has 4 aromatic rings. The van der Waals surface area contributed by atoms with Crippen LogP contribution in [0.3, 0.4) is 0 Å². The quantitative estimate of drug-likeness (QED) is 0.534. The summed E-state index contributed by atoms with van der Waals surface area (Å²) in [4.78, 5) is 7.62. The number of aryl methyl sites for hydroxylation is 1. The number of hydrogen-bond donors (Lipinski definition) is 1. The molecule has 3 aromatic heterocycles. The first-order valence-electron chi connectivity index (χ1n) is 6.14. The molecule has 0 saturated heterocycles. The Bertz CT molecular complexity index is 1050. The Morgan fingerprint density at radius 2 is 2.14 bits per heavy atom. The van der Waals surface area contributed by atoms with Gasteiger partial charge in [-0.25, -0.2) is 4.98 Å². The van der Waals surface area contributed by atoms with Gasteiger partial charge in [0, 0.05) is 6.20 Å². The lowest BCUT2D eigenvalue weighted by molar-refractivity contribution is 1.05. The summed E-state index contributed by atoms with van der Waals surface area (Å²) in [6, 6.07) is 5.59. The fourth-order valence-electron chi connectivity index (χ4n) is 2.36. The lowest BCUT2D eigenvalue weighted by atomic mass is 10.2. The minimum absolute atomic E-state index is 0.536. The van der Waals surface area contributed by atoms with Crippen molar-refractivity contribution in [3.05, 3.63) is 39.8 Å². The number of pyridine rings is 1. The summed E-state index contributed by atoms with van der Waals surface area (Å²) in [6.45, 7) is 2.01. The third-order valence-electron chi connectivity index (χ3n) is 3.36. The van der Waals surface area contributed by atoms with E-state index >= 15 is 0 Å². The highest BCUT2D eigenvalue weighted by molar-refractivity contribution is 7.71. The zero-order valence-corrected chi connectivity index (χ0v) is 13.2. The molecule has 0 atom stereocenters. The molecule has 0 amide bonds. The van der Waals surface area contributed by atoms with Crippen molar-refractivity contribution in [3.63, 3.8) is 0 Å². The van der Waals surface area contributed by atoms with E-state index in [-0.39, 0.29) is 0 Å². The predicted molar refractivity (Wildman–Crippen MR) is 87.0 cm³/mol. The Balaban J connectivity index is 2.22. The highest BCUT2D eigenvalue weighted by Crippen LogP contribution is 2.31. The van der Waals surface area contributed by atoms with Crippen molar-refractivity contribution >= 4 is 57.7 Å². The van der Waals surface area contributed by atoms with E-state index in [9.17, 15) is 0 Å². The molecule has 1 N–H and O–H groups in total. The largest absolute Gasteiger partial charge is 0.329 e. The van der Waals surface area contributed by atoms with Gasteiger partial charge in [0.15, 0.2) is 10.4 Å². The maximum atomic E-state index is 6.39. The van der Waals surface area contributed by atoms with Gasteiger partial charge in [-0.3, -0.25) is 4.57 Å². The first-order valence-corrected chi connectivity index (χ1v) is 7.66. The third kappa shape index (κ3) is 1.81. The van der Waals surface area contributed by atoms with Gasteiger partial charge in [-0.2, -0.15) is 8.75 Å². The number of halogens is 1. The molecule has 21 heavy (non-hydrogen) atoms. The first-order chi connectivity index (χ1) is 10.2. The summed E-state index contributed by atoms with van der Waals surface area (Å²) in [5.74, 6) is 0. The molecular formula is C13H8ClN5S2. The molecular weight excluding hydrogens is 326 g/mol. The second-order valence-electron chi connectivity index (χ2n) is 4.62. The zero-order valence-electron chi connectivity index (χ0n) is 10.8. The summed E-state index contributed by atoms with van der Waals surface area (Å²) >= 11 is 13.0. The topological polar surface area (TPSA) is 59.4 Å². The number of aromatic amines is 1. The lowest BCUT2D eigenvalue weighted by Crippen LogP contribution is -1.98. The number of hydrogen-bond acceptors (Lipinski definition) is 5. The van der Waals surface area contributed by atoms with Crippen LogP contribution in [0.15, 0.2) is 24.4 Å². The summed E-state index contributed by atoms with van der Waals surface area (Å²) < 4.78 is 11.0. The SMILES string of the molecule is Cc1ccnc2c1[nH]c(=S)n2-c1c(Cl)ccc2nsnc12. The molecule has 104 valence electrons. The summed E-state index contributed by atoms with van der Waals surface area (Å²) in [5.41, 5.74) is 4.96. The van der Waals surface area contributed by atoms with Gasteiger partial charge in [0.25, 0.3) is 0 Å². The van der Waals surface area contributed by atoms with Gasteiger partial charge in [-0.15, -0.1) is 0 Å². The molecule has 0 spiro atoms. The van der Waals surface area contributed by atoms with Crippen LogP contribution in [0, 0.1) is 11.7 Å². The summed E-state index contributed by atoms with van der Waals surface area (Å²) in [7, 11) is 0. The Morgan fingerprint density at radius 1 is 1.29 bits per heavy atom. The molecule has 0 aliphatic rings. The lowest BCUT2D eigenvalue weighted by Gasteiger charge is -2.07. The highest BCUT2D eigenvalue weighted by atomic mass is 35.5. The van der Waals surface area contributed by atoms with Crippen molar-refractivity contribution in [1.29, 1.82) is 0 Å². The first kappa shape index (κ1) is 12.9. The maximum absolute atomic E-state index is 6.39. The maximum Gasteiger partial charge on any atom is 0.184 e. The number of rotatable bonds is 1.